The Morgan fingerprint density at radius 1 is 1.11 bits per heavy atom. The molecule has 3 aromatic rings. The lowest BCUT2D eigenvalue weighted by Crippen LogP contribution is -2.34. The van der Waals surface area contributed by atoms with Gasteiger partial charge in [-0.15, -0.1) is 0 Å². The lowest BCUT2D eigenvalue weighted by molar-refractivity contribution is -0.134. The first kappa shape index (κ1) is 18.6. The molecule has 1 amide bonds. The Kier molecular flexibility index (Phi) is 5.35. The van der Waals surface area contributed by atoms with E-state index in [1.807, 2.05) is 9.58 Å². The third kappa shape index (κ3) is 4.20. The highest BCUT2D eigenvalue weighted by Crippen LogP contribution is 2.23. The number of ether oxygens (including phenoxy) is 1. The largest absolute Gasteiger partial charge is 0.484 e. The van der Waals surface area contributed by atoms with Crippen LogP contribution in [0.4, 0.5) is 0 Å². The van der Waals surface area contributed by atoms with Gasteiger partial charge < -0.3 is 9.64 Å². The van der Waals surface area contributed by atoms with Crippen LogP contribution in [0.1, 0.15) is 17.7 Å². The summed E-state index contributed by atoms with van der Waals surface area (Å²) in [6.45, 7) is 4.14. The zero-order valence-electron chi connectivity index (χ0n) is 15.8. The molecule has 0 fully saturated rings. The quantitative estimate of drug-likeness (QED) is 0.660. The number of fused-ring (bicyclic) bond motifs is 1. The fourth-order valence-electron chi connectivity index (χ4n) is 3.31. The number of rotatable bonds is 4. The molecule has 1 aliphatic heterocycles. The van der Waals surface area contributed by atoms with Gasteiger partial charge in [0.15, 0.2) is 6.61 Å². The number of aromatic nitrogens is 2. The number of carbonyl (C=O) groups is 1. The summed E-state index contributed by atoms with van der Waals surface area (Å²) in [6, 6.07) is 17.4. The topological polar surface area (TPSA) is 47.4 Å². The van der Waals surface area contributed by atoms with Crippen LogP contribution in [0, 0.1) is 6.92 Å². The van der Waals surface area contributed by atoms with E-state index < -0.39 is 0 Å². The molecule has 0 atom stereocenters. The summed E-state index contributed by atoms with van der Waals surface area (Å²) < 4.78 is 7.63. The average Bonchev–Trinajstić information content (AvgIpc) is 2.99. The van der Waals surface area contributed by atoms with Crippen LogP contribution < -0.4 is 4.74 Å². The van der Waals surface area contributed by atoms with Crippen LogP contribution >= 0.6 is 11.6 Å². The predicted octanol–water partition coefficient (Wildman–Crippen LogP) is 4.32. The highest BCUT2D eigenvalue weighted by atomic mass is 35.5. The lowest BCUT2D eigenvalue weighted by atomic mass is 10.1. The van der Waals surface area contributed by atoms with E-state index in [4.69, 9.17) is 21.4 Å². The van der Waals surface area contributed by atoms with Crippen LogP contribution in [-0.4, -0.2) is 33.7 Å². The van der Waals surface area contributed by atoms with Gasteiger partial charge in [-0.1, -0.05) is 41.4 Å². The number of benzene rings is 2. The first-order valence-electron chi connectivity index (χ1n) is 9.38. The van der Waals surface area contributed by atoms with E-state index in [-0.39, 0.29) is 12.5 Å². The van der Waals surface area contributed by atoms with Gasteiger partial charge in [-0.25, -0.2) is 0 Å². The van der Waals surface area contributed by atoms with Crippen molar-refractivity contribution in [3.8, 4) is 17.0 Å². The van der Waals surface area contributed by atoms with Gasteiger partial charge in [-0.05, 0) is 43.7 Å². The number of hydrogen-bond donors (Lipinski definition) is 0. The summed E-state index contributed by atoms with van der Waals surface area (Å²) in [5, 5.41) is 5.38. The summed E-state index contributed by atoms with van der Waals surface area (Å²) in [5.41, 5.74) is 4.31. The predicted molar refractivity (Wildman–Crippen MR) is 109 cm³/mol. The Hall–Kier alpha value is -2.79. The minimum Gasteiger partial charge on any atom is -0.484 e. The molecule has 0 saturated carbocycles. The van der Waals surface area contributed by atoms with E-state index in [2.05, 4.69) is 37.3 Å². The Morgan fingerprint density at radius 3 is 2.61 bits per heavy atom. The van der Waals surface area contributed by atoms with Crippen molar-refractivity contribution < 1.29 is 9.53 Å². The SMILES string of the molecule is Cc1ccc(-c2cc3n(n2)CCCN(C(=O)COc2ccc(Cl)cc2)C3)cc1. The van der Waals surface area contributed by atoms with E-state index in [9.17, 15) is 4.79 Å². The molecule has 5 nitrogen and oxygen atoms in total. The molecule has 1 aromatic heterocycles. The highest BCUT2D eigenvalue weighted by molar-refractivity contribution is 6.30. The second-order valence-electron chi connectivity index (χ2n) is 7.02. The van der Waals surface area contributed by atoms with Crippen molar-refractivity contribution in [2.24, 2.45) is 0 Å². The Morgan fingerprint density at radius 2 is 1.86 bits per heavy atom. The summed E-state index contributed by atoms with van der Waals surface area (Å²) in [4.78, 5) is 14.5. The number of aryl methyl sites for hydroxylation is 2. The molecule has 0 radical (unpaired) electrons. The average molecular weight is 396 g/mol. The zero-order chi connectivity index (χ0) is 19.5. The molecule has 0 N–H and O–H groups in total. The van der Waals surface area contributed by atoms with Crippen molar-refractivity contribution in [3.05, 3.63) is 70.9 Å². The summed E-state index contributed by atoms with van der Waals surface area (Å²) in [6.07, 6.45) is 0.870. The maximum absolute atomic E-state index is 12.7. The maximum Gasteiger partial charge on any atom is 0.260 e. The number of halogens is 1. The molecular formula is C22H22ClN3O2. The fraction of sp³-hybridized carbons (Fsp3) is 0.273. The molecule has 6 heteroatoms. The van der Waals surface area contributed by atoms with Crippen molar-refractivity contribution in [2.75, 3.05) is 13.2 Å². The van der Waals surface area contributed by atoms with Gasteiger partial charge in [0.25, 0.3) is 5.91 Å². The summed E-state index contributed by atoms with van der Waals surface area (Å²) >= 11 is 5.88. The van der Waals surface area contributed by atoms with E-state index >= 15 is 0 Å². The van der Waals surface area contributed by atoms with Gasteiger partial charge in [-0.3, -0.25) is 9.48 Å². The molecular weight excluding hydrogens is 374 g/mol. The second-order valence-corrected chi connectivity index (χ2v) is 7.46. The number of nitrogens with zero attached hydrogens (tertiary/aromatic N) is 3. The second kappa shape index (κ2) is 8.07. The van der Waals surface area contributed by atoms with Gasteiger partial charge in [-0.2, -0.15) is 5.10 Å². The zero-order valence-corrected chi connectivity index (χ0v) is 16.5. The van der Waals surface area contributed by atoms with Gasteiger partial charge in [0.05, 0.1) is 17.9 Å². The normalized spacial score (nSPS) is 13.7. The van der Waals surface area contributed by atoms with Gasteiger partial charge >= 0.3 is 0 Å². The first-order valence-corrected chi connectivity index (χ1v) is 9.76. The molecule has 2 aromatic carbocycles. The first-order chi connectivity index (χ1) is 13.6. The molecule has 0 spiro atoms. The molecule has 0 unspecified atom stereocenters. The Bertz CT molecular complexity index is 964. The van der Waals surface area contributed by atoms with Crippen LogP contribution in [0.25, 0.3) is 11.3 Å². The van der Waals surface area contributed by atoms with Crippen LogP contribution in [0.2, 0.25) is 5.02 Å². The Balaban J connectivity index is 1.44. The fourth-order valence-corrected chi connectivity index (χ4v) is 3.43. The number of amides is 1. The Labute approximate surface area is 169 Å². The summed E-state index contributed by atoms with van der Waals surface area (Å²) in [5.74, 6) is 0.612. The third-order valence-corrected chi connectivity index (χ3v) is 5.14. The van der Waals surface area contributed by atoms with Crippen LogP contribution in [-0.2, 0) is 17.9 Å². The van der Waals surface area contributed by atoms with Crippen molar-refractivity contribution in [1.82, 2.24) is 14.7 Å². The molecule has 0 saturated heterocycles. The molecule has 0 bridgehead atoms. The third-order valence-electron chi connectivity index (χ3n) is 4.89. The molecule has 0 aliphatic carbocycles. The van der Waals surface area contributed by atoms with Crippen molar-refractivity contribution in [1.29, 1.82) is 0 Å². The van der Waals surface area contributed by atoms with E-state index in [1.54, 1.807) is 24.3 Å². The molecule has 144 valence electrons. The number of hydrogen-bond acceptors (Lipinski definition) is 3. The van der Waals surface area contributed by atoms with Crippen LogP contribution in [0.15, 0.2) is 54.6 Å². The van der Waals surface area contributed by atoms with Crippen LogP contribution in [0.5, 0.6) is 5.75 Å². The standard InChI is InChI=1S/C22H22ClN3O2/c1-16-3-5-17(6-4-16)21-13-19-14-25(11-2-12-26(19)24-21)22(27)15-28-20-9-7-18(23)8-10-20/h3-10,13H,2,11-12,14-15H2,1H3. The van der Waals surface area contributed by atoms with Gasteiger partial charge in [0, 0.05) is 23.7 Å². The highest BCUT2D eigenvalue weighted by Gasteiger charge is 2.21. The van der Waals surface area contributed by atoms with Gasteiger partial charge in [0.2, 0.25) is 0 Å². The molecule has 2 heterocycles. The molecule has 4 rings (SSSR count). The molecule has 1 aliphatic rings. The minimum absolute atomic E-state index is 0.0145. The minimum atomic E-state index is -0.0264. The van der Waals surface area contributed by atoms with Gasteiger partial charge in [0.1, 0.15) is 5.75 Å². The van der Waals surface area contributed by atoms with Crippen molar-refractivity contribution in [3.63, 3.8) is 0 Å². The molecule has 28 heavy (non-hydrogen) atoms. The number of carbonyl (C=O) groups excluding carboxylic acids is 1. The van der Waals surface area contributed by atoms with Crippen LogP contribution in [0.3, 0.4) is 0 Å². The van der Waals surface area contributed by atoms with Crippen molar-refractivity contribution in [2.45, 2.75) is 26.4 Å². The van der Waals surface area contributed by atoms with E-state index in [1.165, 1.54) is 5.56 Å². The van der Waals surface area contributed by atoms with Crippen molar-refractivity contribution >= 4 is 17.5 Å². The smallest absolute Gasteiger partial charge is 0.260 e. The monoisotopic (exact) mass is 395 g/mol. The lowest BCUT2D eigenvalue weighted by Gasteiger charge is -2.20. The maximum atomic E-state index is 12.7. The van der Waals surface area contributed by atoms with E-state index in [0.29, 0.717) is 23.9 Å². The van der Waals surface area contributed by atoms with E-state index in [0.717, 1.165) is 29.9 Å². The summed E-state index contributed by atoms with van der Waals surface area (Å²) in [7, 11) is 0.